The van der Waals surface area contributed by atoms with E-state index in [9.17, 15) is 4.79 Å². The highest BCUT2D eigenvalue weighted by atomic mass is 16.5. The maximum atomic E-state index is 12.2. The van der Waals surface area contributed by atoms with E-state index in [-0.39, 0.29) is 6.03 Å². The molecule has 1 heterocycles. The van der Waals surface area contributed by atoms with Gasteiger partial charge in [0.25, 0.3) is 0 Å². The molecule has 0 radical (unpaired) electrons. The second-order valence-electron chi connectivity index (χ2n) is 5.02. The first-order valence-electron chi connectivity index (χ1n) is 7.33. The third-order valence-corrected chi connectivity index (χ3v) is 3.07. The lowest BCUT2D eigenvalue weighted by atomic mass is 10.2. The number of carbonyl (C=O) groups is 1. The highest BCUT2D eigenvalue weighted by molar-refractivity contribution is 5.89. The summed E-state index contributed by atoms with van der Waals surface area (Å²) < 4.78 is 5.56. The standard InChI is InChI=1S/C17H21N3O2/c1-3-11-22-16-6-4-5-15(12-16)19-17(21)20(2)13-14-7-9-18-10-8-14/h4-10,12H,3,11,13H2,1-2H3,(H,19,21). The van der Waals surface area contributed by atoms with Crippen LogP contribution in [0.2, 0.25) is 0 Å². The Morgan fingerprint density at radius 3 is 2.77 bits per heavy atom. The minimum Gasteiger partial charge on any atom is -0.494 e. The minimum atomic E-state index is -0.163. The number of pyridine rings is 1. The Kier molecular flexibility index (Phi) is 5.77. The van der Waals surface area contributed by atoms with Crippen molar-refractivity contribution in [3.05, 3.63) is 54.4 Å². The first-order valence-corrected chi connectivity index (χ1v) is 7.33. The number of carbonyl (C=O) groups excluding carboxylic acids is 1. The van der Waals surface area contributed by atoms with Crippen LogP contribution in [0.4, 0.5) is 10.5 Å². The number of benzene rings is 1. The number of urea groups is 1. The van der Waals surface area contributed by atoms with Crippen LogP contribution in [0.5, 0.6) is 5.75 Å². The van der Waals surface area contributed by atoms with Crippen LogP contribution >= 0.6 is 0 Å². The molecule has 116 valence electrons. The van der Waals surface area contributed by atoms with E-state index in [0.29, 0.717) is 13.2 Å². The van der Waals surface area contributed by atoms with Crippen LogP contribution in [0.25, 0.3) is 0 Å². The number of aromatic nitrogens is 1. The van der Waals surface area contributed by atoms with Crippen molar-refractivity contribution in [1.82, 2.24) is 9.88 Å². The van der Waals surface area contributed by atoms with Crippen LogP contribution in [0.15, 0.2) is 48.8 Å². The van der Waals surface area contributed by atoms with E-state index in [0.717, 1.165) is 23.4 Å². The molecule has 0 bridgehead atoms. The molecule has 5 heteroatoms. The summed E-state index contributed by atoms with van der Waals surface area (Å²) in [6.07, 6.45) is 4.39. The first-order chi connectivity index (χ1) is 10.7. The Hall–Kier alpha value is -2.56. The monoisotopic (exact) mass is 299 g/mol. The number of ether oxygens (including phenoxy) is 1. The molecule has 1 N–H and O–H groups in total. The highest BCUT2D eigenvalue weighted by Crippen LogP contribution is 2.18. The van der Waals surface area contributed by atoms with Crippen LogP contribution in [-0.4, -0.2) is 29.6 Å². The summed E-state index contributed by atoms with van der Waals surface area (Å²) in [7, 11) is 1.76. The zero-order chi connectivity index (χ0) is 15.8. The molecule has 0 aliphatic heterocycles. The van der Waals surface area contributed by atoms with Gasteiger partial charge in [0, 0.05) is 37.7 Å². The molecular formula is C17H21N3O2. The minimum absolute atomic E-state index is 0.163. The van der Waals surface area contributed by atoms with Crippen LogP contribution in [0, 0.1) is 0 Å². The predicted octanol–water partition coefficient (Wildman–Crippen LogP) is 3.53. The average Bonchev–Trinajstić information content (AvgIpc) is 2.54. The van der Waals surface area contributed by atoms with Gasteiger partial charge in [0.05, 0.1) is 6.61 Å². The van der Waals surface area contributed by atoms with Gasteiger partial charge in [-0.1, -0.05) is 13.0 Å². The normalized spacial score (nSPS) is 10.1. The quantitative estimate of drug-likeness (QED) is 0.887. The first kappa shape index (κ1) is 15.8. The molecule has 0 aliphatic rings. The van der Waals surface area contributed by atoms with Gasteiger partial charge in [-0.2, -0.15) is 0 Å². The predicted molar refractivity (Wildman–Crippen MR) is 87.0 cm³/mol. The van der Waals surface area contributed by atoms with Gasteiger partial charge in [-0.05, 0) is 36.2 Å². The smallest absolute Gasteiger partial charge is 0.321 e. The summed E-state index contributed by atoms with van der Waals surface area (Å²) in [5.41, 5.74) is 1.76. The topological polar surface area (TPSA) is 54.5 Å². The van der Waals surface area contributed by atoms with Crippen molar-refractivity contribution in [2.24, 2.45) is 0 Å². The van der Waals surface area contributed by atoms with Gasteiger partial charge < -0.3 is 15.0 Å². The zero-order valence-electron chi connectivity index (χ0n) is 13.0. The number of hydrogen-bond acceptors (Lipinski definition) is 3. The summed E-state index contributed by atoms with van der Waals surface area (Å²) >= 11 is 0. The molecule has 22 heavy (non-hydrogen) atoms. The number of hydrogen-bond donors (Lipinski definition) is 1. The molecule has 2 rings (SSSR count). The maximum Gasteiger partial charge on any atom is 0.321 e. The Morgan fingerprint density at radius 2 is 2.05 bits per heavy atom. The number of nitrogens with zero attached hydrogens (tertiary/aromatic N) is 2. The molecule has 0 unspecified atom stereocenters. The zero-order valence-corrected chi connectivity index (χ0v) is 13.0. The van der Waals surface area contributed by atoms with Crippen molar-refractivity contribution >= 4 is 11.7 Å². The fourth-order valence-electron chi connectivity index (χ4n) is 1.94. The largest absolute Gasteiger partial charge is 0.494 e. The van der Waals surface area contributed by atoms with E-state index in [1.54, 1.807) is 24.3 Å². The van der Waals surface area contributed by atoms with E-state index < -0.39 is 0 Å². The fourth-order valence-corrected chi connectivity index (χ4v) is 1.94. The number of nitrogens with one attached hydrogen (secondary N) is 1. The molecule has 0 atom stereocenters. The van der Waals surface area contributed by atoms with Crippen LogP contribution < -0.4 is 10.1 Å². The Morgan fingerprint density at radius 1 is 1.27 bits per heavy atom. The molecule has 1 aromatic carbocycles. The molecule has 2 amide bonds. The lowest BCUT2D eigenvalue weighted by Gasteiger charge is -2.18. The molecule has 5 nitrogen and oxygen atoms in total. The molecule has 0 saturated carbocycles. The van der Waals surface area contributed by atoms with Crippen molar-refractivity contribution in [2.45, 2.75) is 19.9 Å². The molecule has 2 aromatic rings. The fraction of sp³-hybridized carbons (Fsp3) is 0.294. The molecule has 1 aromatic heterocycles. The van der Waals surface area contributed by atoms with Gasteiger partial charge >= 0.3 is 6.03 Å². The summed E-state index contributed by atoms with van der Waals surface area (Å²) in [6.45, 7) is 3.25. The SMILES string of the molecule is CCCOc1cccc(NC(=O)N(C)Cc2ccncc2)c1. The Balaban J connectivity index is 1.93. The second-order valence-corrected chi connectivity index (χ2v) is 5.02. The van der Waals surface area contributed by atoms with Crippen molar-refractivity contribution in [2.75, 3.05) is 19.0 Å². The van der Waals surface area contributed by atoms with Gasteiger partial charge in [-0.15, -0.1) is 0 Å². The van der Waals surface area contributed by atoms with E-state index >= 15 is 0 Å². The van der Waals surface area contributed by atoms with Gasteiger partial charge in [-0.3, -0.25) is 4.98 Å². The third kappa shape index (κ3) is 4.77. The van der Waals surface area contributed by atoms with E-state index in [2.05, 4.69) is 17.2 Å². The summed E-state index contributed by atoms with van der Waals surface area (Å²) in [5.74, 6) is 0.761. The van der Waals surface area contributed by atoms with E-state index in [1.807, 2.05) is 36.4 Å². The summed E-state index contributed by atoms with van der Waals surface area (Å²) in [6, 6.07) is 11.0. The Bertz CT molecular complexity index is 602. The number of rotatable bonds is 6. The van der Waals surface area contributed by atoms with Crippen molar-refractivity contribution in [3.63, 3.8) is 0 Å². The highest BCUT2D eigenvalue weighted by Gasteiger charge is 2.09. The number of amides is 2. The maximum absolute atomic E-state index is 12.2. The average molecular weight is 299 g/mol. The molecular weight excluding hydrogens is 278 g/mol. The van der Waals surface area contributed by atoms with Crippen LogP contribution in [0.3, 0.4) is 0 Å². The van der Waals surface area contributed by atoms with Crippen LogP contribution in [-0.2, 0) is 6.54 Å². The molecule has 0 saturated heterocycles. The van der Waals surface area contributed by atoms with E-state index in [1.165, 1.54) is 0 Å². The van der Waals surface area contributed by atoms with Gasteiger partial charge in [0.15, 0.2) is 0 Å². The van der Waals surface area contributed by atoms with Crippen molar-refractivity contribution < 1.29 is 9.53 Å². The summed E-state index contributed by atoms with van der Waals surface area (Å²) in [4.78, 5) is 17.8. The number of anilines is 1. The summed E-state index contributed by atoms with van der Waals surface area (Å²) in [5, 5.41) is 2.87. The third-order valence-electron chi connectivity index (χ3n) is 3.07. The van der Waals surface area contributed by atoms with Crippen molar-refractivity contribution in [1.29, 1.82) is 0 Å². The molecule has 0 spiro atoms. The van der Waals surface area contributed by atoms with Gasteiger partial charge in [0.1, 0.15) is 5.75 Å². The van der Waals surface area contributed by atoms with E-state index in [4.69, 9.17) is 4.74 Å². The molecule has 0 fully saturated rings. The lowest BCUT2D eigenvalue weighted by molar-refractivity contribution is 0.220. The lowest BCUT2D eigenvalue weighted by Crippen LogP contribution is -2.30. The van der Waals surface area contributed by atoms with Crippen LogP contribution in [0.1, 0.15) is 18.9 Å². The molecule has 0 aliphatic carbocycles. The second kappa shape index (κ2) is 8.02. The van der Waals surface area contributed by atoms with Gasteiger partial charge in [0.2, 0.25) is 0 Å². The Labute approximate surface area is 130 Å². The van der Waals surface area contributed by atoms with Crippen molar-refractivity contribution in [3.8, 4) is 5.75 Å². The van der Waals surface area contributed by atoms with Gasteiger partial charge in [-0.25, -0.2) is 4.79 Å².